The lowest BCUT2D eigenvalue weighted by Gasteiger charge is -2.50. The minimum Gasteiger partial charge on any atom is -0.595 e. The number of anilines is 3. The number of Topliss-reactive ketones (excluding diaryl/α,β-unsaturated/α-hetero) is 2. The number of aromatic hydroxyl groups is 1. The van der Waals surface area contributed by atoms with Crippen molar-refractivity contribution in [3.63, 3.8) is 0 Å². The van der Waals surface area contributed by atoms with Crippen LogP contribution in [0.4, 0.5) is 31.9 Å². The number of nitrogens with one attached hydrogen (secondary N) is 3. The van der Waals surface area contributed by atoms with E-state index in [-0.39, 0.29) is 35.4 Å². The third-order valence-electron chi connectivity index (χ3n) is 8.88. The lowest BCUT2D eigenvalue weighted by Crippen LogP contribution is -2.99. The number of nitrogens with two attached hydrogens (primary N) is 1. The number of hydrogen-bond donors (Lipinski definition) is 9. The SMILES string of the molecule is CN(C)c1cc(NC(=O)Nc2ccc(F)c([NH+]([O-])O)c2)c(O)c2c1C[C@@H]1C[C@@H]3[C@@H](N(C)C)C(=O)C(C(N)=O)=C(O)[C@]3(O)C(=O)C1=C2O. The van der Waals surface area contributed by atoms with Crippen molar-refractivity contribution in [1.82, 2.24) is 4.90 Å². The normalized spacial score (nSPS) is 24.4. The maximum absolute atomic E-state index is 14.1. The summed E-state index contributed by atoms with van der Waals surface area (Å²) < 4.78 is 13.8. The summed E-state index contributed by atoms with van der Waals surface area (Å²) in [7, 11) is 6.31. The number of likely N-dealkylation sites (N-methyl/N-ethyl adjacent to an activating group) is 1. The molecule has 1 saturated carbocycles. The summed E-state index contributed by atoms with van der Waals surface area (Å²) in [6.07, 6.45) is -0.0760. The van der Waals surface area contributed by atoms with Crippen LogP contribution in [0.25, 0.3) is 5.76 Å². The van der Waals surface area contributed by atoms with Gasteiger partial charge in [0.15, 0.2) is 23.0 Å². The minimum atomic E-state index is -2.82. The number of benzene rings is 2. The van der Waals surface area contributed by atoms with E-state index >= 15 is 0 Å². The second-order valence-corrected chi connectivity index (χ2v) is 12.1. The average Bonchev–Trinajstić information content (AvgIpc) is 2.96. The number of urea groups is 1. The number of phenolic OH excluding ortho intramolecular Hbond substituents is 1. The van der Waals surface area contributed by atoms with Crippen LogP contribution in [0.5, 0.6) is 5.75 Å². The van der Waals surface area contributed by atoms with Gasteiger partial charge in [0.1, 0.15) is 17.1 Å². The molecule has 1 unspecified atom stereocenters. The quantitative estimate of drug-likeness (QED) is 0.115. The number of rotatable bonds is 6. The molecule has 2 aromatic carbocycles. The van der Waals surface area contributed by atoms with Gasteiger partial charge in [-0.2, -0.15) is 5.23 Å². The number of amides is 3. The minimum absolute atomic E-state index is 0.0234. The number of carbonyl (C=O) groups is 4. The third kappa shape index (κ3) is 5.13. The molecular formula is C30H33FN6O10. The number of quaternary nitrogens is 1. The van der Waals surface area contributed by atoms with Crippen LogP contribution in [0.2, 0.25) is 0 Å². The Morgan fingerprint density at radius 1 is 1.11 bits per heavy atom. The Kier molecular flexibility index (Phi) is 8.23. The Balaban J connectivity index is 1.60. The van der Waals surface area contributed by atoms with E-state index in [2.05, 4.69) is 10.6 Å². The number of hydrogen-bond acceptors (Lipinski definition) is 12. The monoisotopic (exact) mass is 656 g/mol. The van der Waals surface area contributed by atoms with E-state index in [1.165, 1.54) is 25.1 Å². The van der Waals surface area contributed by atoms with Gasteiger partial charge in [0.25, 0.3) is 5.91 Å². The first kappa shape index (κ1) is 33.3. The van der Waals surface area contributed by atoms with E-state index in [1.807, 2.05) is 0 Å². The van der Waals surface area contributed by atoms with E-state index in [1.54, 1.807) is 19.0 Å². The molecule has 0 bridgehead atoms. The molecule has 3 aliphatic rings. The summed E-state index contributed by atoms with van der Waals surface area (Å²) in [5, 5.41) is 69.4. The molecule has 2 aromatic rings. The summed E-state index contributed by atoms with van der Waals surface area (Å²) >= 11 is 0. The highest BCUT2D eigenvalue weighted by Crippen LogP contribution is 2.54. The van der Waals surface area contributed by atoms with E-state index in [9.17, 15) is 49.2 Å². The Hall–Kier alpha value is -5.07. The number of nitrogens with zero attached hydrogens (tertiary/aromatic N) is 2. The molecule has 0 aliphatic heterocycles. The topological polar surface area (TPSA) is 253 Å². The molecule has 0 heterocycles. The smallest absolute Gasteiger partial charge is 0.323 e. The molecule has 0 saturated heterocycles. The van der Waals surface area contributed by atoms with Crippen molar-refractivity contribution in [2.45, 2.75) is 24.5 Å². The molecule has 10 N–H and O–H groups in total. The van der Waals surface area contributed by atoms with Gasteiger partial charge in [-0.25, -0.2) is 14.4 Å². The molecule has 16 nitrogen and oxygen atoms in total. The van der Waals surface area contributed by atoms with E-state index in [0.717, 1.165) is 18.2 Å². The van der Waals surface area contributed by atoms with E-state index < -0.39 is 86.6 Å². The van der Waals surface area contributed by atoms with Gasteiger partial charge in [-0.3, -0.25) is 19.3 Å². The molecular weight excluding hydrogens is 623 g/mol. The molecule has 0 spiro atoms. The van der Waals surface area contributed by atoms with Gasteiger partial charge in [0, 0.05) is 43.0 Å². The number of aliphatic hydroxyl groups excluding tert-OH is 2. The number of halogens is 1. The molecule has 3 aliphatic carbocycles. The van der Waals surface area contributed by atoms with Crippen LogP contribution in [0.1, 0.15) is 17.5 Å². The van der Waals surface area contributed by atoms with Crippen LogP contribution >= 0.6 is 0 Å². The first-order chi connectivity index (χ1) is 21.9. The zero-order chi connectivity index (χ0) is 34.9. The largest absolute Gasteiger partial charge is 0.595 e. The summed E-state index contributed by atoms with van der Waals surface area (Å²) in [5.74, 6) is -9.11. The lowest BCUT2D eigenvalue weighted by molar-refractivity contribution is -0.992. The van der Waals surface area contributed by atoms with Crippen LogP contribution < -0.4 is 26.5 Å². The predicted molar refractivity (Wildman–Crippen MR) is 163 cm³/mol. The molecule has 1 fully saturated rings. The van der Waals surface area contributed by atoms with Crippen molar-refractivity contribution in [1.29, 1.82) is 0 Å². The fourth-order valence-corrected chi connectivity index (χ4v) is 6.84. The molecule has 5 atom stereocenters. The first-order valence-corrected chi connectivity index (χ1v) is 14.2. The predicted octanol–water partition coefficient (Wildman–Crippen LogP) is 0.217. The number of fused-ring (bicyclic) bond motifs is 3. The molecule has 250 valence electrons. The van der Waals surface area contributed by atoms with Crippen molar-refractivity contribution >= 4 is 52.0 Å². The van der Waals surface area contributed by atoms with Gasteiger partial charge < -0.3 is 46.9 Å². The Labute approximate surface area is 266 Å². The van der Waals surface area contributed by atoms with Crippen molar-refractivity contribution in [3.8, 4) is 5.75 Å². The fourth-order valence-electron chi connectivity index (χ4n) is 6.84. The second-order valence-electron chi connectivity index (χ2n) is 12.1. The highest BCUT2D eigenvalue weighted by Gasteiger charge is 2.64. The summed E-state index contributed by atoms with van der Waals surface area (Å²) in [5.41, 5.74) is 0.746. The van der Waals surface area contributed by atoms with Crippen molar-refractivity contribution in [2.24, 2.45) is 17.6 Å². The molecule has 5 rings (SSSR count). The summed E-state index contributed by atoms with van der Waals surface area (Å²) in [6.45, 7) is 0. The van der Waals surface area contributed by atoms with E-state index in [0.29, 0.717) is 11.3 Å². The molecule has 3 amide bonds. The highest BCUT2D eigenvalue weighted by atomic mass is 19.1. The Morgan fingerprint density at radius 3 is 2.34 bits per heavy atom. The van der Waals surface area contributed by atoms with Gasteiger partial charge in [-0.15, -0.1) is 0 Å². The Bertz CT molecular complexity index is 1810. The van der Waals surface area contributed by atoms with Gasteiger partial charge in [-0.1, -0.05) is 0 Å². The van der Waals surface area contributed by atoms with Crippen LogP contribution in [-0.4, -0.2) is 93.9 Å². The van der Waals surface area contributed by atoms with Crippen molar-refractivity contribution in [2.75, 3.05) is 43.7 Å². The zero-order valence-corrected chi connectivity index (χ0v) is 25.6. The van der Waals surface area contributed by atoms with Crippen LogP contribution in [0, 0.1) is 22.9 Å². The second kappa shape index (κ2) is 11.6. The average molecular weight is 657 g/mol. The zero-order valence-electron chi connectivity index (χ0n) is 25.6. The van der Waals surface area contributed by atoms with Gasteiger partial charge in [0.05, 0.1) is 17.3 Å². The van der Waals surface area contributed by atoms with Gasteiger partial charge >= 0.3 is 6.03 Å². The summed E-state index contributed by atoms with van der Waals surface area (Å²) in [6, 6.07) is 2.06. The molecule has 47 heavy (non-hydrogen) atoms. The maximum Gasteiger partial charge on any atom is 0.323 e. The van der Waals surface area contributed by atoms with Crippen LogP contribution in [0.15, 0.2) is 41.2 Å². The van der Waals surface area contributed by atoms with Crippen LogP contribution in [0.3, 0.4) is 0 Å². The first-order valence-electron chi connectivity index (χ1n) is 14.2. The van der Waals surface area contributed by atoms with Gasteiger partial charge in [-0.05, 0) is 56.6 Å². The molecule has 17 heteroatoms. The number of ketones is 2. The van der Waals surface area contributed by atoms with Gasteiger partial charge in [0.2, 0.25) is 11.5 Å². The number of carbonyl (C=O) groups excluding carboxylic acids is 4. The van der Waals surface area contributed by atoms with Crippen LogP contribution in [-0.2, 0) is 20.8 Å². The number of primary amides is 1. The van der Waals surface area contributed by atoms with Crippen molar-refractivity contribution in [3.05, 3.63) is 63.3 Å². The fraction of sp³-hybridized carbons (Fsp3) is 0.333. The maximum atomic E-state index is 14.1. The number of phenols is 1. The molecule has 0 aromatic heterocycles. The number of aliphatic hydroxyl groups is 3. The highest BCUT2D eigenvalue weighted by molar-refractivity contribution is 6.24. The summed E-state index contributed by atoms with van der Waals surface area (Å²) in [4.78, 5) is 55.5. The lowest BCUT2D eigenvalue weighted by atomic mass is 9.57. The third-order valence-corrected chi connectivity index (χ3v) is 8.88. The standard InChI is InChI=1S/C30H33FN6O10/c1-35(2)17-10-16(34-29(44)33-12-5-6-15(31)18(9-12)37(46)47)23(38)20-13(17)7-11-8-14-22(36(3)4)25(40)21(28(32)43)27(42)30(14,45)26(41)19(11)24(20)39/h5-6,9-11,14,22,37-39,42,45-46H,7-8H2,1-4H3,(H2,32,43)(H2,33,34,44)/t11-,14-,22-,30-/m1/s1. The Morgan fingerprint density at radius 2 is 1.77 bits per heavy atom. The van der Waals surface area contributed by atoms with Crippen molar-refractivity contribution < 1.29 is 54.4 Å². The molecule has 0 radical (unpaired) electrons. The van der Waals surface area contributed by atoms with E-state index in [4.69, 9.17) is 10.9 Å².